The normalized spacial score (nSPS) is 24.6. The van der Waals surface area contributed by atoms with Gasteiger partial charge in [-0.2, -0.15) is 0 Å². The molecule has 0 spiro atoms. The highest BCUT2D eigenvalue weighted by molar-refractivity contribution is 4.78. The van der Waals surface area contributed by atoms with Crippen LogP contribution in [0, 0.1) is 0 Å². The summed E-state index contributed by atoms with van der Waals surface area (Å²) in [7, 11) is 0. The predicted molar refractivity (Wildman–Crippen MR) is 64.3 cm³/mol. The molecule has 0 aromatic heterocycles. The van der Waals surface area contributed by atoms with Crippen molar-refractivity contribution in [1.82, 2.24) is 9.80 Å². The van der Waals surface area contributed by atoms with Crippen LogP contribution in [0.15, 0.2) is 0 Å². The zero-order valence-electron chi connectivity index (χ0n) is 10.5. The van der Waals surface area contributed by atoms with Crippen molar-refractivity contribution in [3.63, 3.8) is 0 Å². The van der Waals surface area contributed by atoms with Gasteiger partial charge in [0.2, 0.25) is 0 Å². The average molecular weight is 214 g/mol. The molecule has 1 aliphatic rings. The molecule has 1 aliphatic heterocycles. The van der Waals surface area contributed by atoms with Crippen molar-refractivity contribution in [1.29, 1.82) is 0 Å². The van der Waals surface area contributed by atoms with Crippen molar-refractivity contribution in [3.8, 4) is 0 Å². The Bertz CT molecular complexity index is 164. The van der Waals surface area contributed by atoms with E-state index < -0.39 is 0 Å². The fourth-order valence-electron chi connectivity index (χ4n) is 2.25. The molecule has 1 saturated heterocycles. The maximum Gasteiger partial charge on any atom is 0.0593 e. The second-order valence-corrected chi connectivity index (χ2v) is 4.38. The first-order valence-corrected chi connectivity index (χ1v) is 6.32. The molecule has 0 saturated carbocycles. The minimum Gasteiger partial charge on any atom is -0.380 e. The minimum absolute atomic E-state index is 0.686. The molecule has 0 bridgehead atoms. The molecule has 0 radical (unpaired) electrons. The largest absolute Gasteiger partial charge is 0.380 e. The molecule has 15 heavy (non-hydrogen) atoms. The van der Waals surface area contributed by atoms with Gasteiger partial charge in [0.05, 0.1) is 6.61 Å². The Morgan fingerprint density at radius 1 is 1.20 bits per heavy atom. The van der Waals surface area contributed by atoms with Gasteiger partial charge < -0.3 is 9.64 Å². The fourth-order valence-corrected chi connectivity index (χ4v) is 2.25. The standard InChI is InChI=1S/C12H26N2O/c1-4-6-13-7-8-14(12(3)11-13)9-10-15-5-2/h12H,4-11H2,1-3H3/t12-/m1/s1. The maximum absolute atomic E-state index is 5.40. The van der Waals surface area contributed by atoms with Crippen LogP contribution in [0.4, 0.5) is 0 Å². The van der Waals surface area contributed by atoms with Crippen LogP contribution in [0.25, 0.3) is 0 Å². The van der Waals surface area contributed by atoms with E-state index in [-0.39, 0.29) is 0 Å². The Labute approximate surface area is 94.4 Å². The summed E-state index contributed by atoms with van der Waals surface area (Å²) >= 11 is 0. The Morgan fingerprint density at radius 2 is 2.00 bits per heavy atom. The summed E-state index contributed by atoms with van der Waals surface area (Å²) in [6, 6.07) is 0.686. The van der Waals surface area contributed by atoms with Gasteiger partial charge >= 0.3 is 0 Å². The van der Waals surface area contributed by atoms with Gasteiger partial charge in [-0.05, 0) is 26.8 Å². The second-order valence-electron chi connectivity index (χ2n) is 4.38. The Hall–Kier alpha value is -0.120. The van der Waals surface area contributed by atoms with Gasteiger partial charge in [-0.3, -0.25) is 4.90 Å². The lowest BCUT2D eigenvalue weighted by Gasteiger charge is -2.39. The van der Waals surface area contributed by atoms with E-state index in [9.17, 15) is 0 Å². The topological polar surface area (TPSA) is 15.7 Å². The monoisotopic (exact) mass is 214 g/mol. The van der Waals surface area contributed by atoms with E-state index in [1.165, 1.54) is 32.6 Å². The Morgan fingerprint density at radius 3 is 2.60 bits per heavy atom. The molecule has 0 aliphatic carbocycles. The highest BCUT2D eigenvalue weighted by Gasteiger charge is 2.22. The lowest BCUT2D eigenvalue weighted by molar-refractivity contribution is 0.0495. The predicted octanol–water partition coefficient (Wildman–Crippen LogP) is 1.44. The molecule has 0 aromatic rings. The summed E-state index contributed by atoms with van der Waals surface area (Å²) in [5, 5.41) is 0. The van der Waals surface area contributed by atoms with Crippen LogP contribution in [0.1, 0.15) is 27.2 Å². The summed E-state index contributed by atoms with van der Waals surface area (Å²) < 4.78 is 5.40. The van der Waals surface area contributed by atoms with Crippen LogP contribution >= 0.6 is 0 Å². The third-order valence-electron chi connectivity index (χ3n) is 3.12. The summed E-state index contributed by atoms with van der Waals surface area (Å²) in [6.07, 6.45) is 1.27. The zero-order chi connectivity index (χ0) is 11.1. The molecule has 3 heteroatoms. The summed E-state index contributed by atoms with van der Waals surface area (Å²) in [5.41, 5.74) is 0. The van der Waals surface area contributed by atoms with Gasteiger partial charge in [-0.15, -0.1) is 0 Å². The molecule has 0 amide bonds. The van der Waals surface area contributed by atoms with Gasteiger partial charge in [0, 0.05) is 38.8 Å². The van der Waals surface area contributed by atoms with Crippen molar-refractivity contribution in [2.75, 3.05) is 45.9 Å². The minimum atomic E-state index is 0.686. The second kappa shape index (κ2) is 7.20. The summed E-state index contributed by atoms with van der Waals surface area (Å²) in [6.45, 7) is 14.4. The number of rotatable bonds is 6. The molecule has 0 aromatic carbocycles. The molecule has 1 atom stereocenters. The highest BCUT2D eigenvalue weighted by Crippen LogP contribution is 2.09. The van der Waals surface area contributed by atoms with Crippen LogP contribution < -0.4 is 0 Å². The van der Waals surface area contributed by atoms with Crippen LogP contribution in [0.2, 0.25) is 0 Å². The Balaban J connectivity index is 2.20. The van der Waals surface area contributed by atoms with Crippen molar-refractivity contribution in [2.24, 2.45) is 0 Å². The highest BCUT2D eigenvalue weighted by atomic mass is 16.5. The fraction of sp³-hybridized carbons (Fsp3) is 1.00. The van der Waals surface area contributed by atoms with Gasteiger partial charge in [0.25, 0.3) is 0 Å². The van der Waals surface area contributed by atoms with Crippen molar-refractivity contribution in [3.05, 3.63) is 0 Å². The first kappa shape index (κ1) is 12.9. The van der Waals surface area contributed by atoms with Crippen molar-refractivity contribution < 1.29 is 4.74 Å². The smallest absolute Gasteiger partial charge is 0.0593 e. The van der Waals surface area contributed by atoms with Gasteiger partial charge in [-0.1, -0.05) is 6.92 Å². The van der Waals surface area contributed by atoms with Crippen LogP contribution in [0.5, 0.6) is 0 Å². The van der Waals surface area contributed by atoms with Gasteiger partial charge in [0.1, 0.15) is 0 Å². The molecule has 3 nitrogen and oxygen atoms in total. The SMILES string of the molecule is CCCN1CCN(CCOCC)[C@H](C)C1. The lowest BCUT2D eigenvalue weighted by Crippen LogP contribution is -2.52. The molecule has 1 rings (SSSR count). The van der Waals surface area contributed by atoms with Crippen LogP contribution in [0.3, 0.4) is 0 Å². The molecular weight excluding hydrogens is 188 g/mol. The van der Waals surface area contributed by atoms with Crippen molar-refractivity contribution >= 4 is 0 Å². The number of nitrogens with zero attached hydrogens (tertiary/aromatic N) is 2. The first-order chi connectivity index (χ1) is 7.27. The van der Waals surface area contributed by atoms with E-state index in [1.807, 2.05) is 0 Å². The molecule has 0 unspecified atom stereocenters. The van der Waals surface area contributed by atoms with Gasteiger partial charge in [0.15, 0.2) is 0 Å². The molecule has 1 heterocycles. The van der Waals surface area contributed by atoms with E-state index in [2.05, 4.69) is 30.6 Å². The molecule has 90 valence electrons. The number of hydrogen-bond acceptors (Lipinski definition) is 3. The number of hydrogen-bond donors (Lipinski definition) is 0. The molecule has 1 fully saturated rings. The van der Waals surface area contributed by atoms with Crippen LogP contribution in [-0.4, -0.2) is 61.8 Å². The maximum atomic E-state index is 5.40. The zero-order valence-corrected chi connectivity index (χ0v) is 10.5. The Kier molecular flexibility index (Phi) is 6.22. The van der Waals surface area contributed by atoms with E-state index in [1.54, 1.807) is 0 Å². The average Bonchev–Trinajstić information content (AvgIpc) is 2.22. The first-order valence-electron chi connectivity index (χ1n) is 6.32. The molecule has 0 N–H and O–H groups in total. The van der Waals surface area contributed by atoms with Crippen LogP contribution in [-0.2, 0) is 4.74 Å². The van der Waals surface area contributed by atoms with Crippen molar-refractivity contribution in [2.45, 2.75) is 33.2 Å². The quantitative estimate of drug-likeness (QED) is 0.622. The number of piperazine rings is 1. The van der Waals surface area contributed by atoms with Gasteiger partial charge in [-0.25, -0.2) is 0 Å². The summed E-state index contributed by atoms with van der Waals surface area (Å²) in [4.78, 5) is 5.11. The van der Waals surface area contributed by atoms with E-state index >= 15 is 0 Å². The third-order valence-corrected chi connectivity index (χ3v) is 3.12. The third kappa shape index (κ3) is 4.49. The van der Waals surface area contributed by atoms with E-state index in [4.69, 9.17) is 4.74 Å². The number of ether oxygens (including phenoxy) is 1. The molecular formula is C12H26N2O. The van der Waals surface area contributed by atoms with E-state index in [0.717, 1.165) is 19.8 Å². The lowest BCUT2D eigenvalue weighted by atomic mass is 10.2. The summed E-state index contributed by atoms with van der Waals surface area (Å²) in [5.74, 6) is 0. The van der Waals surface area contributed by atoms with E-state index in [0.29, 0.717) is 6.04 Å².